The van der Waals surface area contributed by atoms with Crippen LogP contribution in [-0.4, -0.2) is 23.4 Å². The van der Waals surface area contributed by atoms with Gasteiger partial charge in [0.25, 0.3) is 0 Å². The topological polar surface area (TPSA) is 18.5 Å². The minimum absolute atomic E-state index is 0.0363. The lowest BCUT2D eigenvalue weighted by atomic mass is 10.1. The van der Waals surface area contributed by atoms with Crippen molar-refractivity contribution in [3.8, 4) is 0 Å². The summed E-state index contributed by atoms with van der Waals surface area (Å²) in [6, 6.07) is 0. The second-order valence-corrected chi connectivity index (χ2v) is 4.58. The smallest absolute Gasteiger partial charge is 0.167 e. The van der Waals surface area contributed by atoms with E-state index in [1.807, 2.05) is 0 Å². The molecule has 0 aromatic rings. The van der Waals surface area contributed by atoms with E-state index < -0.39 is 0 Å². The van der Waals surface area contributed by atoms with Gasteiger partial charge in [0.2, 0.25) is 0 Å². The number of hydrogen-bond acceptors (Lipinski definition) is 2. The molecular weight excluding hydrogens is 291 g/mol. The monoisotopic (exact) mass is 310 g/mol. The Morgan fingerprint density at radius 3 is 2.86 bits per heavy atom. The number of allylic oxidation sites excluding steroid dienone is 1. The Hall–Kier alpha value is 0.390. The number of ether oxygens (including phenoxy) is 2. The van der Waals surface area contributed by atoms with Crippen LogP contribution in [0.15, 0.2) is 12.2 Å². The van der Waals surface area contributed by atoms with Crippen LogP contribution >= 0.6 is 22.6 Å². The van der Waals surface area contributed by atoms with Crippen molar-refractivity contribution in [1.82, 2.24) is 0 Å². The van der Waals surface area contributed by atoms with E-state index in [9.17, 15) is 0 Å². The third-order valence-electron chi connectivity index (χ3n) is 2.34. The molecule has 0 saturated heterocycles. The number of alkyl halides is 1. The molecule has 1 aliphatic rings. The molecule has 0 aliphatic heterocycles. The molecule has 0 radical (unpaired) electrons. The van der Waals surface area contributed by atoms with Gasteiger partial charge >= 0.3 is 0 Å². The molecule has 1 aliphatic carbocycles. The predicted molar refractivity (Wildman–Crippen MR) is 66.7 cm³/mol. The van der Waals surface area contributed by atoms with E-state index >= 15 is 0 Å². The molecule has 82 valence electrons. The number of halogens is 1. The minimum Gasteiger partial charge on any atom is -0.352 e. The van der Waals surface area contributed by atoms with Crippen molar-refractivity contribution in [1.29, 1.82) is 0 Å². The van der Waals surface area contributed by atoms with E-state index in [1.54, 1.807) is 0 Å². The lowest BCUT2D eigenvalue weighted by Gasteiger charge is -2.22. The molecule has 3 heteroatoms. The zero-order valence-electron chi connectivity index (χ0n) is 8.91. The largest absolute Gasteiger partial charge is 0.352 e. The average molecular weight is 310 g/mol. The van der Waals surface area contributed by atoms with E-state index in [4.69, 9.17) is 9.47 Å². The van der Waals surface area contributed by atoms with Crippen LogP contribution in [0.4, 0.5) is 0 Å². The van der Waals surface area contributed by atoms with Gasteiger partial charge in [0, 0.05) is 6.61 Å². The molecule has 2 nitrogen and oxygen atoms in total. The van der Waals surface area contributed by atoms with Crippen LogP contribution in [-0.2, 0) is 9.47 Å². The van der Waals surface area contributed by atoms with Gasteiger partial charge in [-0.25, -0.2) is 0 Å². The molecule has 3 unspecified atom stereocenters. The van der Waals surface area contributed by atoms with E-state index in [0.717, 1.165) is 23.9 Å². The first-order valence-electron chi connectivity index (χ1n) is 5.27. The fraction of sp³-hybridized carbons (Fsp3) is 0.818. The Balaban J connectivity index is 2.28. The van der Waals surface area contributed by atoms with Gasteiger partial charge in [-0.2, -0.15) is 0 Å². The van der Waals surface area contributed by atoms with Gasteiger partial charge in [0.1, 0.15) is 0 Å². The van der Waals surface area contributed by atoms with Crippen LogP contribution in [0.1, 0.15) is 26.7 Å². The molecule has 1 rings (SSSR count). The molecule has 3 atom stereocenters. The first kappa shape index (κ1) is 12.5. The maximum Gasteiger partial charge on any atom is 0.167 e. The molecule has 0 N–H and O–H groups in total. The SMILES string of the molecule is CCCOC(CI)OC1C=CCC1C. The van der Waals surface area contributed by atoms with Crippen LogP contribution in [0.3, 0.4) is 0 Å². The summed E-state index contributed by atoms with van der Waals surface area (Å²) >= 11 is 2.31. The molecular formula is C11H19IO2. The standard InChI is InChI=1S/C11H19IO2/c1-3-7-13-11(8-12)14-10-6-4-5-9(10)2/h4,6,9-11H,3,5,7-8H2,1-2H3. The van der Waals surface area contributed by atoms with E-state index in [0.29, 0.717) is 5.92 Å². The predicted octanol–water partition coefficient (Wildman–Crippen LogP) is 3.16. The lowest BCUT2D eigenvalue weighted by Crippen LogP contribution is -2.27. The zero-order valence-corrected chi connectivity index (χ0v) is 11.1. The van der Waals surface area contributed by atoms with Crippen molar-refractivity contribution in [2.24, 2.45) is 5.92 Å². The Labute approximate surface area is 100 Å². The van der Waals surface area contributed by atoms with Gasteiger partial charge < -0.3 is 9.47 Å². The fourth-order valence-electron chi connectivity index (χ4n) is 1.48. The van der Waals surface area contributed by atoms with Crippen LogP contribution in [0.5, 0.6) is 0 Å². The molecule has 0 aromatic heterocycles. The molecule has 14 heavy (non-hydrogen) atoms. The highest BCUT2D eigenvalue weighted by Gasteiger charge is 2.22. The highest BCUT2D eigenvalue weighted by molar-refractivity contribution is 14.1. The van der Waals surface area contributed by atoms with Crippen molar-refractivity contribution in [2.45, 2.75) is 39.1 Å². The molecule has 0 heterocycles. The van der Waals surface area contributed by atoms with Gasteiger partial charge in [-0.3, -0.25) is 0 Å². The highest BCUT2D eigenvalue weighted by Crippen LogP contribution is 2.22. The van der Waals surface area contributed by atoms with E-state index in [-0.39, 0.29) is 12.4 Å². The molecule has 0 fully saturated rings. The first-order chi connectivity index (χ1) is 6.77. The van der Waals surface area contributed by atoms with Gasteiger partial charge in [0.15, 0.2) is 6.29 Å². The molecule has 0 spiro atoms. The first-order valence-corrected chi connectivity index (χ1v) is 6.80. The highest BCUT2D eigenvalue weighted by atomic mass is 127. The van der Waals surface area contributed by atoms with E-state index in [2.05, 4.69) is 48.6 Å². The van der Waals surface area contributed by atoms with Gasteiger partial charge in [0.05, 0.1) is 10.5 Å². The summed E-state index contributed by atoms with van der Waals surface area (Å²) in [6.07, 6.45) is 6.75. The van der Waals surface area contributed by atoms with Gasteiger partial charge in [-0.15, -0.1) is 0 Å². The Morgan fingerprint density at radius 2 is 2.36 bits per heavy atom. The third kappa shape index (κ3) is 3.87. The van der Waals surface area contributed by atoms with E-state index in [1.165, 1.54) is 0 Å². The molecule has 0 bridgehead atoms. The summed E-state index contributed by atoms with van der Waals surface area (Å²) in [5.74, 6) is 0.602. The van der Waals surface area contributed by atoms with Crippen molar-refractivity contribution < 1.29 is 9.47 Å². The minimum atomic E-state index is -0.0363. The zero-order chi connectivity index (χ0) is 10.4. The van der Waals surface area contributed by atoms with Crippen LogP contribution in [0, 0.1) is 5.92 Å². The summed E-state index contributed by atoms with van der Waals surface area (Å²) in [5.41, 5.74) is 0. The number of rotatable bonds is 6. The quantitative estimate of drug-likeness (QED) is 0.325. The second kappa shape index (κ2) is 6.80. The van der Waals surface area contributed by atoms with Crippen molar-refractivity contribution in [3.05, 3.63) is 12.2 Å². The summed E-state index contributed by atoms with van der Waals surface area (Å²) in [4.78, 5) is 0. The van der Waals surface area contributed by atoms with Gasteiger partial charge in [-0.1, -0.05) is 48.6 Å². The Morgan fingerprint density at radius 1 is 1.57 bits per heavy atom. The molecule has 0 aromatic carbocycles. The summed E-state index contributed by atoms with van der Waals surface area (Å²) in [5, 5.41) is 0. The normalized spacial score (nSPS) is 28.2. The van der Waals surface area contributed by atoms with Crippen molar-refractivity contribution >= 4 is 22.6 Å². The summed E-state index contributed by atoms with van der Waals surface area (Å²) < 4.78 is 12.3. The maximum atomic E-state index is 5.86. The maximum absolute atomic E-state index is 5.86. The summed E-state index contributed by atoms with van der Waals surface area (Å²) in [7, 11) is 0. The Kier molecular flexibility index (Phi) is 6.05. The third-order valence-corrected chi connectivity index (χ3v) is 3.06. The van der Waals surface area contributed by atoms with Crippen molar-refractivity contribution in [2.75, 3.05) is 11.0 Å². The second-order valence-electron chi connectivity index (χ2n) is 3.70. The average Bonchev–Trinajstić information content (AvgIpc) is 2.59. The number of hydrogen-bond donors (Lipinski definition) is 0. The summed E-state index contributed by atoms with van der Waals surface area (Å²) in [6.45, 7) is 5.12. The van der Waals surface area contributed by atoms with Crippen LogP contribution in [0.2, 0.25) is 0 Å². The van der Waals surface area contributed by atoms with Crippen molar-refractivity contribution in [3.63, 3.8) is 0 Å². The lowest BCUT2D eigenvalue weighted by molar-refractivity contribution is -0.151. The molecule has 0 amide bonds. The Bertz CT molecular complexity index is 182. The van der Waals surface area contributed by atoms with Crippen LogP contribution < -0.4 is 0 Å². The van der Waals surface area contributed by atoms with Gasteiger partial charge in [-0.05, 0) is 18.8 Å². The van der Waals surface area contributed by atoms with Crippen LogP contribution in [0.25, 0.3) is 0 Å². The fourth-order valence-corrected chi connectivity index (χ4v) is 1.94. The molecule has 0 saturated carbocycles.